The molecule has 2 heterocycles. The Labute approximate surface area is 307 Å². The number of rotatable bonds is 12. The van der Waals surface area contributed by atoms with E-state index in [2.05, 4.69) is 0 Å². The second-order valence-electron chi connectivity index (χ2n) is 12.7. The maximum Gasteiger partial charge on any atom is 0.366 e. The van der Waals surface area contributed by atoms with Gasteiger partial charge in [-0.1, -0.05) is 127 Å². The van der Waals surface area contributed by atoms with Crippen LogP contribution in [0.2, 0.25) is 0 Å². The van der Waals surface area contributed by atoms with Crippen molar-refractivity contribution in [3.63, 3.8) is 0 Å². The van der Waals surface area contributed by atoms with E-state index < -0.39 is 60.0 Å². The number of ether oxygens (including phenoxy) is 7. The molecule has 0 N–H and O–H groups in total. The zero-order valence-corrected chi connectivity index (χ0v) is 29.1. The van der Waals surface area contributed by atoms with Gasteiger partial charge in [-0.15, -0.1) is 0 Å². The summed E-state index contributed by atoms with van der Waals surface area (Å²) in [5, 5.41) is 0. The predicted molar refractivity (Wildman–Crippen MR) is 191 cm³/mol. The highest BCUT2D eigenvalue weighted by Gasteiger charge is 2.63. The Bertz CT molecular complexity index is 1900. The maximum absolute atomic E-state index is 13.8. The van der Waals surface area contributed by atoms with Crippen molar-refractivity contribution in [3.8, 4) is 0 Å². The Morgan fingerprint density at radius 3 is 1.58 bits per heavy atom. The van der Waals surface area contributed by atoms with Crippen molar-refractivity contribution in [2.45, 2.75) is 49.0 Å². The lowest BCUT2D eigenvalue weighted by atomic mass is 9.80. The first kappa shape index (κ1) is 35.7. The number of fused-ring (bicyclic) bond motifs is 1. The standard InChI is InChI=1S/C43H38O10/c1-42(41(46)47-2)52-37-36(50-39(45)30-20-10-4-11-21-30)35(51-40(37)53-42)34(49-38(44)29-18-8-3-9-19-29)28-48-43(31-22-12-5-13-23-31,32-24-14-6-15-25-32)33-26-16-7-17-27-33/h3-27,34-37,40H,28H2,1-2H3/t34-,35+,36+,37-,40-,42+/m1/s1. The molecule has 0 unspecified atom stereocenters. The van der Waals surface area contributed by atoms with Crippen molar-refractivity contribution < 1.29 is 47.5 Å². The lowest BCUT2D eigenvalue weighted by Gasteiger charge is -2.38. The molecule has 0 bridgehead atoms. The third-order valence-corrected chi connectivity index (χ3v) is 9.36. The fraction of sp³-hybridized carbons (Fsp3) is 0.233. The summed E-state index contributed by atoms with van der Waals surface area (Å²) < 4.78 is 42.9. The lowest BCUT2D eigenvalue weighted by Crippen LogP contribution is -2.49. The molecule has 0 aliphatic carbocycles. The minimum atomic E-state index is -1.84. The molecule has 2 fully saturated rings. The Kier molecular flexibility index (Phi) is 10.5. The average molecular weight is 715 g/mol. The van der Waals surface area contributed by atoms with E-state index >= 15 is 0 Å². The molecule has 0 aromatic heterocycles. The quantitative estimate of drug-likeness (QED) is 0.0809. The predicted octanol–water partition coefficient (Wildman–Crippen LogP) is 6.48. The molecule has 5 aromatic carbocycles. The van der Waals surface area contributed by atoms with Crippen molar-refractivity contribution >= 4 is 17.9 Å². The van der Waals surface area contributed by atoms with Gasteiger partial charge in [-0.3, -0.25) is 0 Å². The molecular formula is C43H38O10. The molecule has 10 nitrogen and oxygen atoms in total. The van der Waals surface area contributed by atoms with Crippen LogP contribution in [0.3, 0.4) is 0 Å². The highest BCUT2D eigenvalue weighted by molar-refractivity contribution is 5.90. The van der Waals surface area contributed by atoms with Crippen molar-refractivity contribution in [2.75, 3.05) is 13.7 Å². The minimum Gasteiger partial charge on any atom is -0.465 e. The number of hydrogen-bond donors (Lipinski definition) is 0. The van der Waals surface area contributed by atoms with Crippen molar-refractivity contribution in [1.82, 2.24) is 0 Å². The van der Waals surface area contributed by atoms with Crippen molar-refractivity contribution in [3.05, 3.63) is 179 Å². The molecule has 0 spiro atoms. The van der Waals surface area contributed by atoms with Crippen LogP contribution in [0.25, 0.3) is 0 Å². The fourth-order valence-electron chi connectivity index (χ4n) is 6.81. The van der Waals surface area contributed by atoms with Gasteiger partial charge in [0, 0.05) is 6.92 Å². The van der Waals surface area contributed by atoms with Crippen molar-refractivity contribution in [1.29, 1.82) is 0 Å². The van der Waals surface area contributed by atoms with Crippen LogP contribution >= 0.6 is 0 Å². The fourth-order valence-corrected chi connectivity index (χ4v) is 6.81. The number of esters is 3. The summed E-state index contributed by atoms with van der Waals surface area (Å²) >= 11 is 0. The summed E-state index contributed by atoms with van der Waals surface area (Å²) in [7, 11) is 1.21. The number of benzene rings is 5. The van der Waals surface area contributed by atoms with E-state index in [-0.39, 0.29) is 12.2 Å². The van der Waals surface area contributed by atoms with E-state index in [1.807, 2.05) is 91.0 Å². The smallest absolute Gasteiger partial charge is 0.366 e. The summed E-state index contributed by atoms with van der Waals surface area (Å²) in [5.74, 6) is -3.98. The second kappa shape index (κ2) is 15.5. The van der Waals surface area contributed by atoms with Crippen LogP contribution in [0, 0.1) is 0 Å². The van der Waals surface area contributed by atoms with E-state index in [4.69, 9.17) is 33.2 Å². The summed E-state index contributed by atoms with van der Waals surface area (Å²) in [5.41, 5.74) is 1.84. The Morgan fingerprint density at radius 1 is 0.660 bits per heavy atom. The molecule has 0 saturated carbocycles. The third-order valence-electron chi connectivity index (χ3n) is 9.36. The molecule has 7 rings (SSSR count). The number of hydrogen-bond acceptors (Lipinski definition) is 10. The van der Waals surface area contributed by atoms with Gasteiger partial charge in [0.25, 0.3) is 5.79 Å². The maximum atomic E-state index is 13.8. The first-order valence-corrected chi connectivity index (χ1v) is 17.2. The first-order chi connectivity index (χ1) is 25.8. The SMILES string of the molecule is COC(=O)[C@]1(C)O[C@H]2O[C@@H]([C@@H](COC(c3ccccc3)(c3ccccc3)c3ccccc3)OC(=O)c3ccccc3)[C@H](OC(=O)c3ccccc3)[C@H]2O1. The number of carbonyl (C=O) groups is 3. The zero-order chi connectivity index (χ0) is 36.8. The molecule has 0 amide bonds. The molecule has 0 radical (unpaired) electrons. The third kappa shape index (κ3) is 7.22. The molecule has 5 aromatic rings. The van der Waals surface area contributed by atoms with E-state index in [1.54, 1.807) is 60.7 Å². The number of carbonyl (C=O) groups excluding carboxylic acids is 3. The summed E-state index contributed by atoms with van der Waals surface area (Å²) in [6, 6.07) is 46.1. The van der Waals surface area contributed by atoms with Gasteiger partial charge in [0.1, 0.15) is 11.7 Å². The van der Waals surface area contributed by atoms with Gasteiger partial charge in [0.15, 0.2) is 24.6 Å². The molecular weight excluding hydrogens is 676 g/mol. The van der Waals surface area contributed by atoms with Crippen LogP contribution in [0.15, 0.2) is 152 Å². The molecule has 2 saturated heterocycles. The minimum absolute atomic E-state index is 0.241. The monoisotopic (exact) mass is 714 g/mol. The van der Waals surface area contributed by atoms with Gasteiger partial charge in [-0.05, 0) is 41.0 Å². The topological polar surface area (TPSA) is 116 Å². The Balaban J connectivity index is 1.30. The van der Waals surface area contributed by atoms with Crippen molar-refractivity contribution in [2.24, 2.45) is 0 Å². The van der Waals surface area contributed by atoms with Crippen LogP contribution in [0.5, 0.6) is 0 Å². The first-order valence-electron chi connectivity index (χ1n) is 17.2. The summed E-state index contributed by atoms with van der Waals surface area (Å²) in [4.78, 5) is 40.2. The Hall–Kier alpha value is -5.65. The lowest BCUT2D eigenvalue weighted by molar-refractivity contribution is -0.244. The molecule has 6 atom stereocenters. The van der Waals surface area contributed by atoms with Gasteiger partial charge in [-0.2, -0.15) is 0 Å². The van der Waals surface area contributed by atoms with Gasteiger partial charge in [0.2, 0.25) is 0 Å². The van der Waals surface area contributed by atoms with Crippen LogP contribution in [0.4, 0.5) is 0 Å². The zero-order valence-electron chi connectivity index (χ0n) is 29.1. The molecule has 2 aliphatic rings. The van der Waals surface area contributed by atoms with Gasteiger partial charge >= 0.3 is 17.9 Å². The van der Waals surface area contributed by atoms with Crippen LogP contribution in [-0.2, 0) is 43.6 Å². The summed E-state index contributed by atoms with van der Waals surface area (Å²) in [6.45, 7) is 1.16. The number of methoxy groups -OCH3 is 1. The van der Waals surface area contributed by atoms with Gasteiger partial charge in [0.05, 0.1) is 24.8 Å². The van der Waals surface area contributed by atoms with Crippen LogP contribution < -0.4 is 0 Å². The molecule has 2 aliphatic heterocycles. The average Bonchev–Trinajstić information content (AvgIpc) is 3.72. The van der Waals surface area contributed by atoms with Crippen LogP contribution in [0.1, 0.15) is 44.3 Å². The highest BCUT2D eigenvalue weighted by Crippen LogP contribution is 2.44. The molecule has 10 heteroatoms. The molecule has 270 valence electrons. The molecule has 53 heavy (non-hydrogen) atoms. The van der Waals surface area contributed by atoms with E-state index in [0.29, 0.717) is 5.56 Å². The Morgan fingerprint density at radius 2 is 1.11 bits per heavy atom. The largest absolute Gasteiger partial charge is 0.465 e. The van der Waals surface area contributed by atoms with Gasteiger partial charge in [-0.25, -0.2) is 14.4 Å². The van der Waals surface area contributed by atoms with Crippen LogP contribution in [-0.4, -0.2) is 68.1 Å². The summed E-state index contributed by atoms with van der Waals surface area (Å²) in [6.07, 6.45) is -5.90. The van der Waals surface area contributed by atoms with E-state index in [1.165, 1.54) is 14.0 Å². The van der Waals surface area contributed by atoms with E-state index in [0.717, 1.165) is 16.7 Å². The van der Waals surface area contributed by atoms with E-state index in [9.17, 15) is 14.4 Å². The van der Waals surface area contributed by atoms with Gasteiger partial charge < -0.3 is 33.2 Å². The highest BCUT2D eigenvalue weighted by atomic mass is 16.9. The second-order valence-corrected chi connectivity index (χ2v) is 12.7. The normalized spacial score (nSPS) is 22.7.